The molecule has 2 aromatic carbocycles. The smallest absolute Gasteiger partial charge is 0.0451 e. The van der Waals surface area contributed by atoms with Gasteiger partial charge in [-0.05, 0) is 35.7 Å². The van der Waals surface area contributed by atoms with E-state index >= 15 is 0 Å². The standard InChI is InChI=1S/C18H17N3/c19-17-5-6-18(15-7-9-20-11-16(15)17)21-10-8-13-3-1-2-4-14(13)12-21/h1-7,9,11H,8,10,12,19H2. The summed E-state index contributed by atoms with van der Waals surface area (Å²) >= 11 is 0. The predicted molar refractivity (Wildman–Crippen MR) is 87.4 cm³/mol. The van der Waals surface area contributed by atoms with Crippen molar-refractivity contribution >= 4 is 22.1 Å². The van der Waals surface area contributed by atoms with Crippen LogP contribution in [-0.4, -0.2) is 11.5 Å². The fraction of sp³-hybridized carbons (Fsp3) is 0.167. The van der Waals surface area contributed by atoms with Gasteiger partial charge in [-0.25, -0.2) is 0 Å². The maximum Gasteiger partial charge on any atom is 0.0451 e. The molecule has 2 N–H and O–H groups in total. The lowest BCUT2D eigenvalue weighted by Crippen LogP contribution is -2.30. The second-order valence-corrected chi connectivity index (χ2v) is 5.54. The van der Waals surface area contributed by atoms with Crippen LogP contribution in [-0.2, 0) is 13.0 Å². The van der Waals surface area contributed by atoms with Crippen molar-refractivity contribution in [3.8, 4) is 0 Å². The summed E-state index contributed by atoms with van der Waals surface area (Å²) in [4.78, 5) is 6.63. The number of hydrogen-bond donors (Lipinski definition) is 1. The van der Waals surface area contributed by atoms with Gasteiger partial charge in [0.25, 0.3) is 0 Å². The molecule has 3 heteroatoms. The number of nitrogens with zero attached hydrogens (tertiary/aromatic N) is 2. The highest BCUT2D eigenvalue weighted by Gasteiger charge is 2.18. The van der Waals surface area contributed by atoms with Crippen molar-refractivity contribution in [1.29, 1.82) is 0 Å². The third-order valence-corrected chi connectivity index (χ3v) is 4.30. The highest BCUT2D eigenvalue weighted by molar-refractivity contribution is 6.00. The molecule has 104 valence electrons. The first kappa shape index (κ1) is 12.2. The van der Waals surface area contributed by atoms with Crippen molar-refractivity contribution in [2.75, 3.05) is 17.2 Å². The molecule has 3 aromatic rings. The minimum absolute atomic E-state index is 0.791. The minimum Gasteiger partial charge on any atom is -0.398 e. The quantitative estimate of drug-likeness (QED) is 0.692. The molecule has 0 saturated heterocycles. The fourth-order valence-corrected chi connectivity index (χ4v) is 3.17. The van der Waals surface area contributed by atoms with Crippen molar-refractivity contribution in [3.63, 3.8) is 0 Å². The van der Waals surface area contributed by atoms with Crippen LogP contribution in [0, 0.1) is 0 Å². The zero-order valence-corrected chi connectivity index (χ0v) is 11.8. The molecule has 1 aliphatic rings. The lowest BCUT2D eigenvalue weighted by atomic mass is 9.98. The van der Waals surface area contributed by atoms with Gasteiger partial charge in [-0.1, -0.05) is 24.3 Å². The number of pyridine rings is 1. The molecule has 2 heterocycles. The zero-order valence-electron chi connectivity index (χ0n) is 11.8. The lowest BCUT2D eigenvalue weighted by molar-refractivity contribution is 0.734. The molecule has 1 aliphatic heterocycles. The van der Waals surface area contributed by atoms with Crippen molar-refractivity contribution < 1.29 is 0 Å². The van der Waals surface area contributed by atoms with Crippen LogP contribution in [0.5, 0.6) is 0 Å². The Morgan fingerprint density at radius 3 is 2.71 bits per heavy atom. The number of fused-ring (bicyclic) bond motifs is 2. The fourth-order valence-electron chi connectivity index (χ4n) is 3.17. The third kappa shape index (κ3) is 2.02. The molecule has 4 rings (SSSR count). The van der Waals surface area contributed by atoms with Crippen LogP contribution in [0.2, 0.25) is 0 Å². The van der Waals surface area contributed by atoms with E-state index in [0.717, 1.165) is 30.6 Å². The van der Waals surface area contributed by atoms with Gasteiger partial charge >= 0.3 is 0 Å². The van der Waals surface area contributed by atoms with Gasteiger partial charge in [0, 0.05) is 47.6 Å². The van der Waals surface area contributed by atoms with E-state index < -0.39 is 0 Å². The van der Waals surface area contributed by atoms with Gasteiger partial charge in [0.05, 0.1) is 0 Å². The molecule has 0 saturated carbocycles. The summed E-state index contributed by atoms with van der Waals surface area (Å²) in [5.41, 5.74) is 11.0. The maximum atomic E-state index is 6.07. The molecule has 0 radical (unpaired) electrons. The van der Waals surface area contributed by atoms with Gasteiger partial charge in [-0.2, -0.15) is 0 Å². The summed E-state index contributed by atoms with van der Waals surface area (Å²) in [6.45, 7) is 2.00. The first-order valence-corrected chi connectivity index (χ1v) is 7.27. The molecule has 0 amide bonds. The number of aromatic nitrogens is 1. The van der Waals surface area contributed by atoms with E-state index in [4.69, 9.17) is 5.73 Å². The van der Waals surface area contributed by atoms with Gasteiger partial charge in [0.2, 0.25) is 0 Å². The molecule has 0 aliphatic carbocycles. The van der Waals surface area contributed by atoms with E-state index in [2.05, 4.69) is 46.3 Å². The second kappa shape index (κ2) is 4.77. The monoisotopic (exact) mass is 275 g/mol. The molecule has 1 aromatic heterocycles. The number of benzene rings is 2. The van der Waals surface area contributed by atoms with Crippen LogP contribution in [0.4, 0.5) is 11.4 Å². The van der Waals surface area contributed by atoms with Crippen LogP contribution < -0.4 is 10.6 Å². The van der Waals surface area contributed by atoms with Crippen molar-refractivity contribution in [1.82, 2.24) is 4.98 Å². The van der Waals surface area contributed by atoms with Gasteiger partial charge in [-0.15, -0.1) is 0 Å². The molecule has 0 bridgehead atoms. The largest absolute Gasteiger partial charge is 0.398 e. The van der Waals surface area contributed by atoms with Gasteiger partial charge in [-0.3, -0.25) is 4.98 Å². The van der Waals surface area contributed by atoms with E-state index in [-0.39, 0.29) is 0 Å². The highest BCUT2D eigenvalue weighted by atomic mass is 15.1. The molecule has 0 atom stereocenters. The molecule has 3 nitrogen and oxygen atoms in total. The first-order valence-electron chi connectivity index (χ1n) is 7.27. The molecular weight excluding hydrogens is 258 g/mol. The van der Waals surface area contributed by atoms with E-state index in [9.17, 15) is 0 Å². The molecular formula is C18H17N3. The summed E-state index contributed by atoms with van der Waals surface area (Å²) in [5, 5.41) is 2.22. The average molecular weight is 275 g/mol. The summed E-state index contributed by atoms with van der Waals surface area (Å²) in [6, 6.07) is 14.9. The van der Waals surface area contributed by atoms with E-state index in [1.54, 1.807) is 0 Å². The zero-order chi connectivity index (χ0) is 14.2. The van der Waals surface area contributed by atoms with Crippen LogP contribution in [0.15, 0.2) is 54.9 Å². The molecule has 0 unspecified atom stereocenters. The SMILES string of the molecule is Nc1ccc(N2CCc3ccccc3C2)c2ccncc12. The number of hydrogen-bond acceptors (Lipinski definition) is 3. The Kier molecular flexibility index (Phi) is 2.78. The highest BCUT2D eigenvalue weighted by Crippen LogP contribution is 2.33. The predicted octanol–water partition coefficient (Wildman–Crippen LogP) is 3.38. The van der Waals surface area contributed by atoms with Crippen LogP contribution >= 0.6 is 0 Å². The topological polar surface area (TPSA) is 42.1 Å². The van der Waals surface area contributed by atoms with Gasteiger partial charge in [0.15, 0.2) is 0 Å². The first-order chi connectivity index (χ1) is 10.3. The van der Waals surface area contributed by atoms with Crippen LogP contribution in [0.25, 0.3) is 10.8 Å². The van der Waals surface area contributed by atoms with E-state index in [0.29, 0.717) is 0 Å². The second-order valence-electron chi connectivity index (χ2n) is 5.54. The maximum absolute atomic E-state index is 6.07. The summed E-state index contributed by atoms with van der Waals surface area (Å²) in [5.74, 6) is 0. The normalized spacial score (nSPS) is 14.2. The summed E-state index contributed by atoms with van der Waals surface area (Å²) in [6.07, 6.45) is 4.78. The molecule has 0 spiro atoms. The van der Waals surface area contributed by atoms with Gasteiger partial charge in [0.1, 0.15) is 0 Å². The summed E-state index contributed by atoms with van der Waals surface area (Å²) < 4.78 is 0. The van der Waals surface area contributed by atoms with Crippen molar-refractivity contribution in [3.05, 3.63) is 66.0 Å². The average Bonchev–Trinajstić information content (AvgIpc) is 2.55. The van der Waals surface area contributed by atoms with Crippen molar-refractivity contribution in [2.24, 2.45) is 0 Å². The summed E-state index contributed by atoms with van der Waals surface area (Å²) in [7, 11) is 0. The van der Waals surface area contributed by atoms with Crippen LogP contribution in [0.1, 0.15) is 11.1 Å². The van der Waals surface area contributed by atoms with Crippen molar-refractivity contribution in [2.45, 2.75) is 13.0 Å². The van der Waals surface area contributed by atoms with Gasteiger partial charge < -0.3 is 10.6 Å². The van der Waals surface area contributed by atoms with E-state index in [1.165, 1.54) is 22.2 Å². The Hall–Kier alpha value is -2.55. The molecule has 21 heavy (non-hydrogen) atoms. The number of nitrogen functional groups attached to an aromatic ring is 1. The Morgan fingerprint density at radius 2 is 1.81 bits per heavy atom. The lowest BCUT2D eigenvalue weighted by Gasteiger charge is -2.31. The Morgan fingerprint density at radius 1 is 0.952 bits per heavy atom. The Bertz CT molecular complexity index is 810. The molecule has 0 fully saturated rings. The Balaban J connectivity index is 1.80. The third-order valence-electron chi connectivity index (χ3n) is 4.30. The Labute approximate surface area is 124 Å². The number of nitrogens with two attached hydrogens (primary N) is 1. The number of anilines is 2. The number of rotatable bonds is 1. The van der Waals surface area contributed by atoms with E-state index in [1.807, 2.05) is 18.5 Å². The van der Waals surface area contributed by atoms with Crippen LogP contribution in [0.3, 0.4) is 0 Å². The minimum atomic E-state index is 0.791.